The molecule has 0 aromatic rings. The van der Waals surface area contributed by atoms with Crippen LogP contribution in [0.15, 0.2) is 0 Å². The molecule has 0 aliphatic rings. The Bertz CT molecular complexity index is 103. The third-order valence-electron chi connectivity index (χ3n) is 1.10. The van der Waals surface area contributed by atoms with Gasteiger partial charge in [0.25, 0.3) is 0 Å². The molecule has 0 aromatic carbocycles. The van der Waals surface area contributed by atoms with E-state index in [2.05, 4.69) is 34.6 Å². The first-order valence-electron chi connectivity index (χ1n) is 3.91. The molecule has 0 fully saturated rings. The summed E-state index contributed by atoms with van der Waals surface area (Å²) < 4.78 is 0. The van der Waals surface area contributed by atoms with E-state index in [0.29, 0.717) is 11.8 Å². The first-order chi connectivity index (χ1) is 4.83. The normalized spacial score (nSPS) is 9.17. The van der Waals surface area contributed by atoms with E-state index in [-0.39, 0.29) is 26.8 Å². The summed E-state index contributed by atoms with van der Waals surface area (Å²) in [4.78, 5) is 9.75. The summed E-state index contributed by atoms with van der Waals surface area (Å²) in [6.45, 7) is 15.2. The van der Waals surface area contributed by atoms with E-state index < -0.39 is 0 Å². The Morgan fingerprint density at radius 3 is 1.42 bits per heavy atom. The van der Waals surface area contributed by atoms with Crippen LogP contribution in [0.25, 0.3) is 0 Å². The molecule has 0 unspecified atom stereocenters. The largest absolute Gasteiger partial charge is 2.00 e. The first kappa shape index (κ1) is 18.2. The fourth-order valence-electron chi connectivity index (χ4n) is 0. The molecule has 72 valence electrons. The number of carbonyl (C=O) groups is 1. The molecule has 0 aliphatic heterocycles. The van der Waals surface area contributed by atoms with Crippen molar-refractivity contribution in [2.45, 2.75) is 40.5 Å². The van der Waals surface area contributed by atoms with Crippen LogP contribution in [0.1, 0.15) is 40.5 Å². The fourth-order valence-corrected chi connectivity index (χ4v) is 0. The van der Waals surface area contributed by atoms with Gasteiger partial charge in [0.1, 0.15) is 0 Å². The minimum atomic E-state index is 0. The van der Waals surface area contributed by atoms with Crippen LogP contribution in [-0.2, 0) is 25.9 Å². The van der Waals surface area contributed by atoms with Crippen molar-refractivity contribution in [3.8, 4) is 0 Å². The molecule has 0 saturated heterocycles. The number of hydrogen-bond donors (Lipinski definition) is 0. The number of Topliss-reactive ketones (excluding diaryl/α,β-unsaturated/α-hetero) is 1. The Hall–Kier alpha value is 0.358. The van der Waals surface area contributed by atoms with Gasteiger partial charge in [-0.25, -0.2) is 0 Å². The summed E-state index contributed by atoms with van der Waals surface area (Å²) in [5.41, 5.74) is 0.431. The summed E-state index contributed by atoms with van der Waals surface area (Å²) in [5.74, 6) is 0.144. The Morgan fingerprint density at radius 1 is 1.25 bits per heavy atom. The Morgan fingerprint density at radius 2 is 1.42 bits per heavy atom. The molecule has 0 aliphatic carbocycles. The van der Waals surface area contributed by atoms with Crippen LogP contribution in [0.3, 0.4) is 0 Å². The van der Waals surface area contributed by atoms with Crippen molar-refractivity contribution in [1.82, 2.24) is 0 Å². The van der Waals surface area contributed by atoms with E-state index in [9.17, 15) is 4.79 Å². The number of rotatable bonds is 1. The summed E-state index contributed by atoms with van der Waals surface area (Å²) in [7, 11) is 0. The van der Waals surface area contributed by atoms with Crippen molar-refractivity contribution in [2.24, 2.45) is 5.41 Å². The van der Waals surface area contributed by atoms with Gasteiger partial charge < -0.3 is 18.6 Å². The topological polar surface area (TPSA) is 17.1 Å². The third kappa shape index (κ3) is 31.6. The predicted octanol–water partition coefficient (Wildman–Crippen LogP) is 3.05. The van der Waals surface area contributed by atoms with Gasteiger partial charge in [-0.2, -0.15) is 6.42 Å². The maximum absolute atomic E-state index is 9.75. The van der Waals surface area contributed by atoms with E-state index in [1.54, 1.807) is 0 Å². The van der Waals surface area contributed by atoms with Gasteiger partial charge in [-0.05, 0) is 6.92 Å². The molecular formula is C10H20OW. The molecule has 0 spiro atoms. The standard InChI is InChI=1S/C6H13.C4H7O.W/c1-5-6(2,3)4;1-3-4(2)5;/h1,5H2,2-4H3;1,3H2,2H3;/q2*-1;+2. The van der Waals surface area contributed by atoms with Gasteiger partial charge in [-0.1, -0.05) is 26.2 Å². The van der Waals surface area contributed by atoms with E-state index >= 15 is 0 Å². The molecule has 0 aromatic heterocycles. The molecule has 0 amide bonds. The smallest absolute Gasteiger partial charge is 0.343 e. The number of ketones is 1. The second-order valence-electron chi connectivity index (χ2n) is 3.76. The molecule has 0 bridgehead atoms. The molecule has 0 saturated carbocycles. The summed E-state index contributed by atoms with van der Waals surface area (Å²) in [5, 5.41) is 0. The van der Waals surface area contributed by atoms with Crippen LogP contribution in [-0.4, -0.2) is 5.78 Å². The van der Waals surface area contributed by atoms with Gasteiger partial charge in [0.2, 0.25) is 0 Å². The van der Waals surface area contributed by atoms with E-state index in [4.69, 9.17) is 0 Å². The fraction of sp³-hybridized carbons (Fsp3) is 0.700. The minimum absolute atomic E-state index is 0. The van der Waals surface area contributed by atoms with Crippen molar-refractivity contribution >= 4 is 5.78 Å². The Kier molecular flexibility index (Phi) is 14.3. The van der Waals surface area contributed by atoms with Crippen LogP contribution in [0, 0.1) is 19.3 Å². The van der Waals surface area contributed by atoms with Crippen molar-refractivity contribution in [3.63, 3.8) is 0 Å². The quantitative estimate of drug-likeness (QED) is 0.671. The first-order valence-corrected chi connectivity index (χ1v) is 3.91. The zero-order chi connectivity index (χ0) is 9.49. The van der Waals surface area contributed by atoms with E-state index in [1.165, 1.54) is 6.92 Å². The predicted molar refractivity (Wildman–Crippen MR) is 50.1 cm³/mol. The second-order valence-corrected chi connectivity index (χ2v) is 3.76. The average Bonchev–Trinajstić information content (AvgIpc) is 1.88. The van der Waals surface area contributed by atoms with Gasteiger partial charge >= 0.3 is 21.1 Å². The molecule has 0 rings (SSSR count). The molecular weight excluding hydrogens is 320 g/mol. The minimum Gasteiger partial charge on any atom is -0.343 e. The monoisotopic (exact) mass is 340 g/mol. The maximum Gasteiger partial charge on any atom is 2.00 e. The molecule has 12 heavy (non-hydrogen) atoms. The second kappa shape index (κ2) is 9.45. The molecule has 0 N–H and O–H groups in total. The molecule has 1 nitrogen and oxygen atoms in total. The molecule has 0 radical (unpaired) electrons. The van der Waals surface area contributed by atoms with Gasteiger partial charge in [-0.3, -0.25) is 0 Å². The van der Waals surface area contributed by atoms with Crippen molar-refractivity contribution < 1.29 is 25.9 Å². The van der Waals surface area contributed by atoms with Crippen LogP contribution in [0.4, 0.5) is 0 Å². The van der Waals surface area contributed by atoms with Crippen molar-refractivity contribution in [2.75, 3.05) is 0 Å². The van der Waals surface area contributed by atoms with Crippen molar-refractivity contribution in [1.29, 1.82) is 0 Å². The SMILES string of the molecule is [CH2-]CC(C)(C)C.[CH2-]CC(C)=O.[W+2]. The van der Waals surface area contributed by atoms with Gasteiger partial charge in [0.05, 0.1) is 5.78 Å². The van der Waals surface area contributed by atoms with Crippen LogP contribution in [0.5, 0.6) is 0 Å². The van der Waals surface area contributed by atoms with Crippen LogP contribution >= 0.6 is 0 Å². The van der Waals surface area contributed by atoms with Gasteiger partial charge in [-0.15, -0.1) is 6.42 Å². The summed E-state index contributed by atoms with van der Waals surface area (Å²) >= 11 is 0. The number of hydrogen-bond acceptors (Lipinski definition) is 1. The average molecular weight is 340 g/mol. The van der Waals surface area contributed by atoms with Crippen LogP contribution in [0.2, 0.25) is 0 Å². The summed E-state index contributed by atoms with van der Waals surface area (Å²) in [6.07, 6.45) is 1.44. The van der Waals surface area contributed by atoms with Crippen molar-refractivity contribution in [3.05, 3.63) is 13.8 Å². The molecule has 2 heteroatoms. The zero-order valence-electron chi connectivity index (χ0n) is 8.64. The Balaban J connectivity index is -0.000000126. The summed E-state index contributed by atoms with van der Waals surface area (Å²) in [6, 6.07) is 0. The zero-order valence-corrected chi connectivity index (χ0v) is 11.6. The number of carbonyl (C=O) groups excluding carboxylic acids is 1. The van der Waals surface area contributed by atoms with Gasteiger partial charge in [0, 0.05) is 0 Å². The molecule has 0 heterocycles. The maximum atomic E-state index is 9.75. The van der Waals surface area contributed by atoms with Crippen LogP contribution < -0.4 is 0 Å². The van der Waals surface area contributed by atoms with E-state index in [1.807, 2.05) is 0 Å². The van der Waals surface area contributed by atoms with E-state index in [0.717, 1.165) is 6.42 Å². The Labute approximate surface area is 91.6 Å². The third-order valence-corrected chi connectivity index (χ3v) is 1.10. The molecule has 0 atom stereocenters. The van der Waals surface area contributed by atoms with Gasteiger partial charge in [0.15, 0.2) is 0 Å².